The zero-order chi connectivity index (χ0) is 22.0. The number of aryl methyl sites for hydroxylation is 5. The standard InChI is InChI=1S/C26H27N3O/c1-16-7-9-24(10-8-16)29-20(5)13-22(21(29)6)14-23(15-27)26(30)28-25-18(3)11-17(2)12-19(25)4/h7-14H,1-6H3,(H,28,30)/b23-14+. The Kier molecular flexibility index (Phi) is 5.94. The van der Waals surface area contributed by atoms with Gasteiger partial charge in [-0.2, -0.15) is 5.26 Å². The SMILES string of the molecule is Cc1ccc(-n2c(C)cc(/C=C(\C#N)C(=O)Nc3c(C)cc(C)cc3C)c2C)cc1. The van der Waals surface area contributed by atoms with Crippen molar-refractivity contribution in [2.24, 2.45) is 0 Å². The maximum absolute atomic E-state index is 12.8. The Morgan fingerprint density at radius 1 is 0.933 bits per heavy atom. The third-order valence-electron chi connectivity index (χ3n) is 5.34. The number of benzene rings is 2. The molecule has 1 aromatic heterocycles. The summed E-state index contributed by atoms with van der Waals surface area (Å²) >= 11 is 0. The molecule has 0 atom stereocenters. The van der Waals surface area contributed by atoms with Gasteiger partial charge in [-0.25, -0.2) is 0 Å². The van der Waals surface area contributed by atoms with Crippen LogP contribution in [0.2, 0.25) is 0 Å². The van der Waals surface area contributed by atoms with Crippen molar-refractivity contribution >= 4 is 17.7 Å². The van der Waals surface area contributed by atoms with Crippen LogP contribution in [0.5, 0.6) is 0 Å². The average Bonchev–Trinajstić information content (AvgIpc) is 2.96. The van der Waals surface area contributed by atoms with Crippen LogP contribution < -0.4 is 5.32 Å². The molecule has 0 fully saturated rings. The van der Waals surface area contributed by atoms with Gasteiger partial charge in [-0.05, 0) is 82.5 Å². The van der Waals surface area contributed by atoms with Crippen LogP contribution in [-0.2, 0) is 4.79 Å². The normalized spacial score (nSPS) is 11.3. The lowest BCUT2D eigenvalue weighted by atomic mass is 10.0. The number of aromatic nitrogens is 1. The molecule has 3 rings (SSSR count). The number of hydrogen-bond acceptors (Lipinski definition) is 2. The van der Waals surface area contributed by atoms with Gasteiger partial charge < -0.3 is 9.88 Å². The molecule has 0 radical (unpaired) electrons. The predicted octanol–water partition coefficient (Wildman–Crippen LogP) is 5.87. The highest BCUT2D eigenvalue weighted by molar-refractivity contribution is 6.10. The molecule has 1 heterocycles. The van der Waals surface area contributed by atoms with Crippen LogP contribution >= 0.6 is 0 Å². The molecule has 4 heteroatoms. The molecule has 3 aromatic rings. The number of carbonyl (C=O) groups excluding carboxylic acids is 1. The van der Waals surface area contributed by atoms with Gasteiger partial charge in [-0.3, -0.25) is 4.79 Å². The largest absolute Gasteiger partial charge is 0.321 e. The topological polar surface area (TPSA) is 57.8 Å². The van der Waals surface area contributed by atoms with Gasteiger partial charge in [0.1, 0.15) is 11.6 Å². The van der Waals surface area contributed by atoms with E-state index >= 15 is 0 Å². The van der Waals surface area contributed by atoms with E-state index in [4.69, 9.17) is 0 Å². The van der Waals surface area contributed by atoms with E-state index in [1.165, 1.54) is 5.56 Å². The predicted molar refractivity (Wildman–Crippen MR) is 123 cm³/mol. The van der Waals surface area contributed by atoms with Gasteiger partial charge in [-0.1, -0.05) is 35.4 Å². The minimum Gasteiger partial charge on any atom is -0.321 e. The van der Waals surface area contributed by atoms with Crippen LogP contribution in [0.25, 0.3) is 11.8 Å². The van der Waals surface area contributed by atoms with E-state index in [0.717, 1.165) is 45.0 Å². The van der Waals surface area contributed by atoms with Crippen LogP contribution in [0.15, 0.2) is 48.0 Å². The second-order valence-electron chi connectivity index (χ2n) is 7.90. The average molecular weight is 398 g/mol. The molecule has 0 saturated carbocycles. The molecule has 152 valence electrons. The minimum absolute atomic E-state index is 0.0820. The van der Waals surface area contributed by atoms with E-state index in [1.807, 2.05) is 52.8 Å². The van der Waals surface area contributed by atoms with E-state index in [-0.39, 0.29) is 5.57 Å². The summed E-state index contributed by atoms with van der Waals surface area (Å²) in [5.74, 6) is -0.396. The molecule has 0 saturated heterocycles. The molecule has 0 aliphatic rings. The number of nitriles is 1. The van der Waals surface area contributed by atoms with E-state index in [0.29, 0.717) is 0 Å². The van der Waals surface area contributed by atoms with Gasteiger partial charge in [-0.15, -0.1) is 0 Å². The zero-order valence-electron chi connectivity index (χ0n) is 18.4. The number of amides is 1. The molecule has 30 heavy (non-hydrogen) atoms. The van der Waals surface area contributed by atoms with Crippen molar-refractivity contribution in [1.82, 2.24) is 4.57 Å². The first-order valence-corrected chi connectivity index (χ1v) is 9.98. The second kappa shape index (κ2) is 8.42. The van der Waals surface area contributed by atoms with E-state index in [9.17, 15) is 10.1 Å². The summed E-state index contributed by atoms with van der Waals surface area (Å²) in [5, 5.41) is 12.6. The lowest BCUT2D eigenvalue weighted by Gasteiger charge is -2.12. The molecule has 1 amide bonds. The van der Waals surface area contributed by atoms with Gasteiger partial charge in [0, 0.05) is 22.8 Å². The Hall–Kier alpha value is -3.58. The molecule has 1 N–H and O–H groups in total. The van der Waals surface area contributed by atoms with Crippen LogP contribution in [0.4, 0.5) is 5.69 Å². The molecule has 0 aliphatic heterocycles. The Morgan fingerprint density at radius 2 is 1.53 bits per heavy atom. The van der Waals surface area contributed by atoms with Crippen LogP contribution in [-0.4, -0.2) is 10.5 Å². The number of hydrogen-bond donors (Lipinski definition) is 1. The molecule has 2 aromatic carbocycles. The van der Waals surface area contributed by atoms with Gasteiger partial charge in [0.25, 0.3) is 5.91 Å². The Morgan fingerprint density at radius 3 is 2.10 bits per heavy atom. The summed E-state index contributed by atoms with van der Waals surface area (Å²) in [6.07, 6.45) is 1.67. The van der Waals surface area contributed by atoms with Gasteiger partial charge >= 0.3 is 0 Å². The van der Waals surface area contributed by atoms with Crippen LogP contribution in [0, 0.1) is 52.9 Å². The lowest BCUT2D eigenvalue weighted by Crippen LogP contribution is -2.15. The highest BCUT2D eigenvalue weighted by atomic mass is 16.1. The van der Waals surface area contributed by atoms with Crippen molar-refractivity contribution in [3.63, 3.8) is 0 Å². The fourth-order valence-electron chi connectivity index (χ4n) is 3.89. The summed E-state index contributed by atoms with van der Waals surface area (Å²) in [7, 11) is 0. The number of carbonyl (C=O) groups is 1. The quantitative estimate of drug-likeness (QED) is 0.442. The zero-order valence-corrected chi connectivity index (χ0v) is 18.4. The monoisotopic (exact) mass is 397 g/mol. The van der Waals surface area contributed by atoms with E-state index in [2.05, 4.69) is 47.1 Å². The molecule has 0 bridgehead atoms. The fraction of sp³-hybridized carbons (Fsp3) is 0.231. The summed E-state index contributed by atoms with van der Waals surface area (Å²) in [6.45, 7) is 12.0. The summed E-state index contributed by atoms with van der Waals surface area (Å²) < 4.78 is 2.13. The molecule has 4 nitrogen and oxygen atoms in total. The Labute approximate surface area is 178 Å². The summed E-state index contributed by atoms with van der Waals surface area (Å²) in [4.78, 5) is 12.8. The van der Waals surface area contributed by atoms with Crippen molar-refractivity contribution < 1.29 is 4.79 Å². The van der Waals surface area contributed by atoms with Crippen LogP contribution in [0.3, 0.4) is 0 Å². The van der Waals surface area contributed by atoms with Crippen LogP contribution in [0.1, 0.15) is 39.2 Å². The first-order valence-electron chi connectivity index (χ1n) is 9.98. The number of rotatable bonds is 4. The van der Waals surface area contributed by atoms with Gasteiger partial charge in [0.2, 0.25) is 0 Å². The highest BCUT2D eigenvalue weighted by Crippen LogP contribution is 2.25. The number of nitrogens with zero attached hydrogens (tertiary/aromatic N) is 2. The highest BCUT2D eigenvalue weighted by Gasteiger charge is 2.15. The van der Waals surface area contributed by atoms with Crippen molar-refractivity contribution in [2.75, 3.05) is 5.32 Å². The summed E-state index contributed by atoms with van der Waals surface area (Å²) in [5.41, 5.74) is 9.10. The van der Waals surface area contributed by atoms with Crippen molar-refractivity contribution in [3.8, 4) is 11.8 Å². The first-order chi connectivity index (χ1) is 14.2. The van der Waals surface area contributed by atoms with Gasteiger partial charge in [0.15, 0.2) is 0 Å². The van der Waals surface area contributed by atoms with Gasteiger partial charge in [0.05, 0.1) is 0 Å². The van der Waals surface area contributed by atoms with E-state index < -0.39 is 5.91 Å². The molecular formula is C26H27N3O. The molecule has 0 aliphatic carbocycles. The second-order valence-corrected chi connectivity index (χ2v) is 7.90. The molecular weight excluding hydrogens is 370 g/mol. The number of nitrogens with one attached hydrogen (secondary N) is 1. The van der Waals surface area contributed by atoms with Crippen molar-refractivity contribution in [2.45, 2.75) is 41.5 Å². The summed E-state index contributed by atoms with van der Waals surface area (Å²) in [6, 6.07) is 16.4. The Balaban J connectivity index is 1.95. The first kappa shape index (κ1) is 21.1. The minimum atomic E-state index is -0.396. The maximum atomic E-state index is 12.8. The van der Waals surface area contributed by atoms with E-state index in [1.54, 1.807) is 6.08 Å². The fourth-order valence-corrected chi connectivity index (χ4v) is 3.89. The smallest absolute Gasteiger partial charge is 0.266 e. The number of anilines is 1. The molecule has 0 unspecified atom stereocenters. The maximum Gasteiger partial charge on any atom is 0.266 e. The Bertz CT molecular complexity index is 1170. The third-order valence-corrected chi connectivity index (χ3v) is 5.34. The lowest BCUT2D eigenvalue weighted by molar-refractivity contribution is -0.112. The molecule has 0 spiro atoms. The van der Waals surface area contributed by atoms with Crippen molar-refractivity contribution in [3.05, 3.63) is 87.2 Å². The van der Waals surface area contributed by atoms with Crippen molar-refractivity contribution in [1.29, 1.82) is 5.26 Å². The third kappa shape index (κ3) is 4.21.